The molecule has 0 atom stereocenters. The van der Waals surface area contributed by atoms with Gasteiger partial charge in [0.1, 0.15) is 5.60 Å². The molecule has 88 valence electrons. The minimum absolute atomic E-state index is 0.182. The van der Waals surface area contributed by atoms with E-state index in [4.69, 9.17) is 4.74 Å². The number of ether oxygens (including phenoxy) is 1. The molecule has 0 amide bonds. The van der Waals surface area contributed by atoms with Gasteiger partial charge in [-0.15, -0.1) is 0 Å². The number of hydrogen-bond acceptors (Lipinski definition) is 1. The molecule has 1 aromatic rings. The Hall–Kier alpha value is -1.68. The molecule has 1 aliphatic rings. The van der Waals surface area contributed by atoms with Crippen molar-refractivity contribution >= 4 is 5.57 Å². The lowest BCUT2D eigenvalue weighted by atomic mass is 9.99. The van der Waals surface area contributed by atoms with Gasteiger partial charge in [-0.3, -0.25) is 0 Å². The lowest BCUT2D eigenvalue weighted by molar-refractivity contribution is 0.131. The highest BCUT2D eigenvalue weighted by Gasteiger charge is 2.11. The first-order chi connectivity index (χ1) is 8.04. The van der Waals surface area contributed by atoms with Crippen LogP contribution in [-0.2, 0) is 0 Å². The van der Waals surface area contributed by atoms with Crippen molar-refractivity contribution in [3.63, 3.8) is 0 Å². The van der Waals surface area contributed by atoms with Crippen molar-refractivity contribution in [2.75, 3.05) is 0 Å². The first kappa shape index (κ1) is 11.8. The molecule has 17 heavy (non-hydrogen) atoms. The normalized spacial score (nSPS) is 15.1. The Balaban J connectivity index is 2.13. The van der Waals surface area contributed by atoms with Crippen LogP contribution in [0.5, 0.6) is 5.75 Å². The van der Waals surface area contributed by atoms with Crippen molar-refractivity contribution in [3.8, 4) is 5.75 Å². The predicted octanol–water partition coefficient (Wildman–Crippen LogP) is 4.20. The van der Waals surface area contributed by atoms with Crippen molar-refractivity contribution < 1.29 is 4.74 Å². The molecule has 0 bridgehead atoms. The predicted molar refractivity (Wildman–Crippen MR) is 70.8 cm³/mol. The van der Waals surface area contributed by atoms with Gasteiger partial charge in [0.2, 0.25) is 0 Å². The summed E-state index contributed by atoms with van der Waals surface area (Å²) in [5.41, 5.74) is 2.26. The number of rotatable bonds is 2. The summed E-state index contributed by atoms with van der Waals surface area (Å²) in [4.78, 5) is 0. The zero-order valence-electron chi connectivity index (χ0n) is 10.7. The average molecular weight is 226 g/mol. The van der Waals surface area contributed by atoms with Crippen molar-refractivity contribution in [2.45, 2.75) is 39.2 Å². The largest absolute Gasteiger partial charge is 0.480 e. The van der Waals surface area contributed by atoms with E-state index in [0.29, 0.717) is 0 Å². The van der Waals surface area contributed by atoms with Crippen LogP contribution >= 0.6 is 0 Å². The summed E-state index contributed by atoms with van der Waals surface area (Å²) < 4.78 is 5.72. The van der Waals surface area contributed by atoms with Crippen LogP contribution in [0.4, 0.5) is 0 Å². The Morgan fingerprint density at radius 1 is 1.18 bits per heavy atom. The van der Waals surface area contributed by atoms with Crippen LogP contribution in [0.15, 0.2) is 30.4 Å². The third-order valence-corrected chi connectivity index (χ3v) is 2.50. The molecule has 0 aromatic heterocycles. The van der Waals surface area contributed by atoms with Crippen molar-refractivity contribution in [3.05, 3.63) is 48.1 Å². The lowest BCUT2D eigenvalue weighted by Gasteiger charge is -2.19. The Kier molecular flexibility index (Phi) is 3.24. The van der Waals surface area contributed by atoms with Crippen LogP contribution in [0, 0.1) is 12.1 Å². The summed E-state index contributed by atoms with van der Waals surface area (Å²) >= 11 is 0. The Morgan fingerprint density at radius 3 is 2.53 bits per heavy atom. The van der Waals surface area contributed by atoms with E-state index in [1.165, 1.54) is 5.57 Å². The zero-order valence-corrected chi connectivity index (χ0v) is 10.7. The van der Waals surface area contributed by atoms with Gasteiger partial charge in [0, 0.05) is 5.56 Å². The van der Waals surface area contributed by atoms with Gasteiger partial charge in [0.15, 0.2) is 5.75 Å². The SMILES string of the molecule is CC(C)(C)Oc1c#cc(C2=CC=CCC2)cc1. The molecule has 0 aliphatic heterocycles. The maximum Gasteiger partial charge on any atom is 0.171 e. The fraction of sp³-hybridized carbons (Fsp3) is 0.375. The number of hydrogen-bond donors (Lipinski definition) is 0. The molecule has 1 aromatic carbocycles. The summed E-state index contributed by atoms with van der Waals surface area (Å²) in [5.74, 6) is 0.758. The molecule has 0 heterocycles. The summed E-state index contributed by atoms with van der Waals surface area (Å²) in [7, 11) is 0. The molecular formula is C16H18O. The second-order valence-electron chi connectivity index (χ2n) is 5.23. The van der Waals surface area contributed by atoms with Crippen LogP contribution in [0.1, 0.15) is 39.2 Å². The molecule has 1 nitrogen and oxygen atoms in total. The van der Waals surface area contributed by atoms with Crippen LogP contribution < -0.4 is 4.74 Å². The van der Waals surface area contributed by atoms with E-state index in [1.54, 1.807) is 0 Å². The Bertz CT molecular complexity index is 430. The van der Waals surface area contributed by atoms with Crippen LogP contribution in [0.3, 0.4) is 0 Å². The van der Waals surface area contributed by atoms with Gasteiger partial charge in [-0.1, -0.05) is 24.3 Å². The van der Waals surface area contributed by atoms with Gasteiger partial charge in [-0.05, 0) is 57.4 Å². The molecule has 1 heteroatoms. The maximum absolute atomic E-state index is 5.72. The van der Waals surface area contributed by atoms with Gasteiger partial charge >= 0.3 is 0 Å². The standard InChI is InChI=1S/C16H18O/c1-16(2,3)17-15-11-9-14(10-12-15)13-7-5-4-6-8-13/h4-5,7,9,11H,6,8H2,1-3H3. The molecule has 0 fully saturated rings. The van der Waals surface area contributed by atoms with E-state index in [1.807, 2.05) is 26.8 Å². The zero-order chi connectivity index (χ0) is 12.3. The van der Waals surface area contributed by atoms with E-state index in [-0.39, 0.29) is 5.60 Å². The van der Waals surface area contributed by atoms with E-state index < -0.39 is 0 Å². The van der Waals surface area contributed by atoms with Crippen LogP contribution in [-0.4, -0.2) is 5.60 Å². The highest BCUT2D eigenvalue weighted by atomic mass is 16.5. The minimum Gasteiger partial charge on any atom is -0.480 e. The van der Waals surface area contributed by atoms with Crippen LogP contribution in [0.25, 0.3) is 5.57 Å². The van der Waals surface area contributed by atoms with Crippen molar-refractivity contribution in [1.82, 2.24) is 0 Å². The quantitative estimate of drug-likeness (QED) is 0.734. The molecule has 0 saturated heterocycles. The Morgan fingerprint density at radius 2 is 2.00 bits per heavy atom. The molecule has 2 rings (SSSR count). The third-order valence-electron chi connectivity index (χ3n) is 2.50. The highest BCUT2D eigenvalue weighted by Crippen LogP contribution is 2.23. The summed E-state index contributed by atoms with van der Waals surface area (Å²) in [6.07, 6.45) is 8.63. The smallest absolute Gasteiger partial charge is 0.171 e. The lowest BCUT2D eigenvalue weighted by Crippen LogP contribution is -2.22. The average Bonchev–Trinajstić information content (AvgIpc) is 2.29. The van der Waals surface area contributed by atoms with Crippen molar-refractivity contribution in [1.29, 1.82) is 0 Å². The summed E-state index contributed by atoms with van der Waals surface area (Å²) in [6, 6.07) is 10.3. The molecule has 0 N–H and O–H groups in total. The molecule has 0 unspecified atom stereocenters. The molecule has 0 saturated carbocycles. The van der Waals surface area contributed by atoms with Gasteiger partial charge in [0.25, 0.3) is 0 Å². The van der Waals surface area contributed by atoms with E-state index >= 15 is 0 Å². The van der Waals surface area contributed by atoms with Gasteiger partial charge in [-0.25, -0.2) is 0 Å². The maximum atomic E-state index is 5.72. The van der Waals surface area contributed by atoms with Crippen molar-refractivity contribution in [2.24, 2.45) is 0 Å². The first-order valence-corrected chi connectivity index (χ1v) is 6.04. The van der Waals surface area contributed by atoms with Crippen LogP contribution in [0.2, 0.25) is 0 Å². The summed E-state index contributed by atoms with van der Waals surface area (Å²) in [6.45, 7) is 6.09. The first-order valence-electron chi connectivity index (χ1n) is 6.04. The minimum atomic E-state index is -0.182. The second-order valence-corrected chi connectivity index (χ2v) is 5.23. The molecule has 0 radical (unpaired) electrons. The monoisotopic (exact) mass is 226 g/mol. The molecule has 0 spiro atoms. The van der Waals surface area contributed by atoms with Gasteiger partial charge < -0.3 is 4.74 Å². The third kappa shape index (κ3) is 3.39. The van der Waals surface area contributed by atoms with E-state index in [2.05, 4.69) is 36.4 Å². The van der Waals surface area contributed by atoms with E-state index in [0.717, 1.165) is 24.2 Å². The number of allylic oxidation sites excluding steroid dienone is 4. The topological polar surface area (TPSA) is 9.23 Å². The van der Waals surface area contributed by atoms with Gasteiger partial charge in [-0.2, -0.15) is 0 Å². The van der Waals surface area contributed by atoms with E-state index in [9.17, 15) is 0 Å². The fourth-order valence-corrected chi connectivity index (χ4v) is 1.78. The van der Waals surface area contributed by atoms with Gasteiger partial charge in [0.05, 0.1) is 0 Å². The Labute approximate surface area is 104 Å². The fourth-order valence-electron chi connectivity index (χ4n) is 1.78. The highest BCUT2D eigenvalue weighted by molar-refractivity contribution is 5.67. The molecule has 1 aliphatic carbocycles. The second kappa shape index (κ2) is 4.67. The summed E-state index contributed by atoms with van der Waals surface area (Å²) in [5, 5.41) is 0. The molecular weight excluding hydrogens is 208 g/mol.